The molecule has 0 saturated carbocycles. The molecular weight excluding hydrogens is 615 g/mol. The number of nitrogens with zero attached hydrogens (tertiary/aromatic N) is 5. The molecule has 14 heteroatoms. The van der Waals surface area contributed by atoms with Crippen molar-refractivity contribution in [2.75, 3.05) is 7.11 Å². The van der Waals surface area contributed by atoms with Crippen LogP contribution in [-0.2, 0) is 24.5 Å². The van der Waals surface area contributed by atoms with Gasteiger partial charge in [0.05, 0.1) is 24.8 Å². The Balaban J connectivity index is 1.60. The average Bonchev–Trinajstić information content (AvgIpc) is 3.33. The van der Waals surface area contributed by atoms with Gasteiger partial charge in [0.1, 0.15) is 17.4 Å². The second kappa shape index (κ2) is 13.2. The van der Waals surface area contributed by atoms with Crippen LogP contribution in [0.15, 0.2) is 65.7 Å². The molecule has 1 atom stereocenters. The van der Waals surface area contributed by atoms with Crippen molar-refractivity contribution in [3.8, 4) is 28.9 Å². The van der Waals surface area contributed by atoms with E-state index in [2.05, 4.69) is 15.1 Å². The molecule has 5 aromatic rings. The Bertz CT molecular complexity index is 1880. The van der Waals surface area contributed by atoms with Gasteiger partial charge in [-0.15, -0.1) is 5.10 Å². The average molecular weight is 644 g/mol. The van der Waals surface area contributed by atoms with Gasteiger partial charge in [0.15, 0.2) is 17.7 Å². The molecule has 5 rings (SSSR count). The summed E-state index contributed by atoms with van der Waals surface area (Å²) in [5, 5.41) is 5.02. The van der Waals surface area contributed by atoms with Crippen molar-refractivity contribution < 1.29 is 32.1 Å². The maximum Gasteiger partial charge on any atom is 0.425 e. The lowest BCUT2D eigenvalue weighted by Crippen LogP contribution is -2.31. The minimum absolute atomic E-state index is 0.0322. The van der Waals surface area contributed by atoms with Gasteiger partial charge in [0.2, 0.25) is 11.8 Å². The van der Waals surface area contributed by atoms with E-state index in [1.165, 1.54) is 30.1 Å². The number of ether oxygens (including phenoxy) is 4. The molecule has 0 fully saturated rings. The van der Waals surface area contributed by atoms with Crippen molar-refractivity contribution in [1.29, 1.82) is 0 Å². The number of fused-ring (bicyclic) bond motifs is 1. The monoisotopic (exact) mass is 643 g/mol. The molecule has 0 aliphatic heterocycles. The maximum absolute atomic E-state index is 13.7. The molecule has 2 aromatic carbocycles. The fourth-order valence-corrected chi connectivity index (χ4v) is 4.86. The highest BCUT2D eigenvalue weighted by atomic mass is 35.5. The number of aryl methyl sites for hydroxylation is 1. The molecular formula is C31H29ClF3N5O5. The Labute approximate surface area is 260 Å². The van der Waals surface area contributed by atoms with Gasteiger partial charge in [0.25, 0.3) is 0 Å². The van der Waals surface area contributed by atoms with E-state index < -0.39 is 18.0 Å². The quantitative estimate of drug-likeness (QED) is 0.155. The van der Waals surface area contributed by atoms with Crippen LogP contribution in [0.2, 0.25) is 5.02 Å². The van der Waals surface area contributed by atoms with Crippen LogP contribution in [0.1, 0.15) is 30.8 Å². The second-order valence-corrected chi connectivity index (χ2v) is 10.4. The van der Waals surface area contributed by atoms with Crippen LogP contribution in [0.25, 0.3) is 16.5 Å². The first-order chi connectivity index (χ1) is 21.5. The number of rotatable bonds is 11. The number of alkyl halides is 3. The fraction of sp³-hybridized carbons (Fsp3) is 0.290. The van der Waals surface area contributed by atoms with Crippen LogP contribution in [0.5, 0.6) is 23.3 Å². The molecule has 236 valence electrons. The summed E-state index contributed by atoms with van der Waals surface area (Å²) in [5.41, 5.74) is 1.15. The molecule has 0 aliphatic carbocycles. The highest BCUT2D eigenvalue weighted by Gasteiger charge is 2.38. The maximum atomic E-state index is 13.7. The first-order valence-corrected chi connectivity index (χ1v) is 14.2. The van der Waals surface area contributed by atoms with E-state index in [0.717, 1.165) is 17.2 Å². The van der Waals surface area contributed by atoms with Gasteiger partial charge in [-0.1, -0.05) is 41.9 Å². The van der Waals surface area contributed by atoms with Crippen molar-refractivity contribution in [2.24, 2.45) is 0 Å². The van der Waals surface area contributed by atoms with Gasteiger partial charge in [-0.25, -0.2) is 14.8 Å². The zero-order valence-electron chi connectivity index (χ0n) is 24.8. The Morgan fingerprint density at radius 2 is 1.80 bits per heavy atom. The summed E-state index contributed by atoms with van der Waals surface area (Å²) in [4.78, 5) is 21.8. The standard InChI is InChI=1S/C31H29ClF3N5O5/c1-5-39-24(17-43-16-20-9-7-6-8-10-20)38-40(30(39)41)22-13-21-11-12-36-28(25(21)23(14-22)44-19(3)31(33,34)35)45-27-18(2)15-37-29(42-4)26(27)32/h6-15,19H,5,16-17H2,1-4H3/t19-/m0/s1. The van der Waals surface area contributed by atoms with E-state index in [9.17, 15) is 18.0 Å². The summed E-state index contributed by atoms with van der Waals surface area (Å²) in [6, 6.07) is 13.9. The summed E-state index contributed by atoms with van der Waals surface area (Å²) in [7, 11) is 1.39. The molecule has 3 heterocycles. The Morgan fingerprint density at radius 3 is 2.49 bits per heavy atom. The topological polar surface area (TPSA) is 103 Å². The Kier molecular flexibility index (Phi) is 9.30. The Hall–Kier alpha value is -4.62. The van der Waals surface area contributed by atoms with Crippen molar-refractivity contribution in [3.63, 3.8) is 0 Å². The van der Waals surface area contributed by atoms with Gasteiger partial charge in [0, 0.05) is 30.6 Å². The highest BCUT2D eigenvalue weighted by molar-refractivity contribution is 6.33. The molecule has 0 spiro atoms. The predicted octanol–water partition coefficient (Wildman–Crippen LogP) is 6.81. The minimum atomic E-state index is -4.69. The van der Waals surface area contributed by atoms with Crippen LogP contribution in [0.3, 0.4) is 0 Å². The van der Waals surface area contributed by atoms with Gasteiger partial charge < -0.3 is 18.9 Å². The second-order valence-electron chi connectivity index (χ2n) is 9.99. The minimum Gasteiger partial charge on any atom is -0.480 e. The van der Waals surface area contributed by atoms with Gasteiger partial charge >= 0.3 is 11.9 Å². The van der Waals surface area contributed by atoms with Gasteiger partial charge in [-0.3, -0.25) is 4.57 Å². The summed E-state index contributed by atoms with van der Waals surface area (Å²) < 4.78 is 66.2. The number of hydrogen-bond donors (Lipinski definition) is 0. The third-order valence-electron chi connectivity index (χ3n) is 6.90. The van der Waals surface area contributed by atoms with Crippen LogP contribution < -0.4 is 19.9 Å². The lowest BCUT2D eigenvalue weighted by molar-refractivity contribution is -0.189. The summed E-state index contributed by atoms with van der Waals surface area (Å²) in [5.74, 6) is 0.283. The molecule has 0 aliphatic rings. The molecule has 0 radical (unpaired) electrons. The van der Waals surface area contributed by atoms with Crippen LogP contribution in [0, 0.1) is 6.92 Å². The van der Waals surface area contributed by atoms with E-state index in [4.69, 9.17) is 30.5 Å². The number of methoxy groups -OCH3 is 1. The fourth-order valence-electron chi connectivity index (χ4n) is 4.55. The summed E-state index contributed by atoms with van der Waals surface area (Å²) in [6.45, 7) is 4.98. The molecule has 0 saturated heterocycles. The van der Waals surface area contributed by atoms with E-state index in [1.807, 2.05) is 30.3 Å². The van der Waals surface area contributed by atoms with Crippen molar-refractivity contribution in [2.45, 2.75) is 52.8 Å². The van der Waals surface area contributed by atoms with Crippen molar-refractivity contribution >= 4 is 22.4 Å². The lowest BCUT2D eigenvalue weighted by Gasteiger charge is -2.21. The largest absolute Gasteiger partial charge is 0.480 e. The third-order valence-corrected chi connectivity index (χ3v) is 7.23. The predicted molar refractivity (Wildman–Crippen MR) is 160 cm³/mol. The van der Waals surface area contributed by atoms with E-state index in [1.54, 1.807) is 26.0 Å². The van der Waals surface area contributed by atoms with E-state index in [-0.39, 0.29) is 46.0 Å². The first kappa shape index (κ1) is 31.8. The number of halogens is 4. The smallest absolute Gasteiger partial charge is 0.425 e. The zero-order valence-corrected chi connectivity index (χ0v) is 25.5. The van der Waals surface area contributed by atoms with Crippen LogP contribution in [-0.4, -0.2) is 43.7 Å². The normalized spacial score (nSPS) is 12.4. The van der Waals surface area contributed by atoms with Crippen molar-refractivity contribution in [3.05, 3.63) is 93.4 Å². The number of aromatic nitrogens is 5. The zero-order chi connectivity index (χ0) is 32.3. The van der Waals surface area contributed by atoms with Gasteiger partial charge in [-0.05, 0) is 43.9 Å². The molecule has 0 N–H and O–H groups in total. The number of hydrogen-bond acceptors (Lipinski definition) is 8. The van der Waals surface area contributed by atoms with Crippen LogP contribution >= 0.6 is 11.6 Å². The first-order valence-electron chi connectivity index (χ1n) is 13.9. The Morgan fingerprint density at radius 1 is 1.04 bits per heavy atom. The molecule has 10 nitrogen and oxygen atoms in total. The van der Waals surface area contributed by atoms with E-state index >= 15 is 0 Å². The SMILES string of the molecule is CCn1c(COCc2ccccc2)nn(-c2cc(O[C@@H](C)C(F)(F)F)c3c(Oc4c(C)cnc(OC)c4Cl)nccc3c2)c1=O. The summed E-state index contributed by atoms with van der Waals surface area (Å²) in [6.07, 6.45) is -4.00. The highest BCUT2D eigenvalue weighted by Crippen LogP contribution is 2.42. The third kappa shape index (κ3) is 6.74. The van der Waals surface area contributed by atoms with Crippen molar-refractivity contribution in [1.82, 2.24) is 24.3 Å². The molecule has 45 heavy (non-hydrogen) atoms. The summed E-state index contributed by atoms with van der Waals surface area (Å²) >= 11 is 6.44. The number of pyridine rings is 2. The molecule has 0 unspecified atom stereocenters. The molecule has 0 bridgehead atoms. The number of benzene rings is 2. The van der Waals surface area contributed by atoms with E-state index in [0.29, 0.717) is 29.9 Å². The molecule has 3 aromatic heterocycles. The lowest BCUT2D eigenvalue weighted by atomic mass is 10.1. The van der Waals surface area contributed by atoms with Crippen LogP contribution in [0.4, 0.5) is 13.2 Å². The molecule has 0 amide bonds. The van der Waals surface area contributed by atoms with Gasteiger partial charge in [-0.2, -0.15) is 17.9 Å².